The molecule has 3 atom stereocenters. The highest BCUT2D eigenvalue weighted by Gasteiger charge is 2.42. The Labute approximate surface area is 129 Å². The molecule has 2 saturated carbocycles. The van der Waals surface area contributed by atoms with E-state index in [2.05, 4.69) is 10.3 Å². The van der Waals surface area contributed by atoms with Crippen LogP contribution in [0.1, 0.15) is 41.7 Å². The van der Waals surface area contributed by atoms with E-state index in [9.17, 15) is 4.79 Å². The van der Waals surface area contributed by atoms with Crippen LogP contribution in [-0.4, -0.2) is 27.1 Å². The molecule has 0 saturated heterocycles. The SMILES string of the molecule is O=C(OC1CC2CCC1C2)c1cn(Cc2ccccc2)nn1. The van der Waals surface area contributed by atoms with Crippen molar-refractivity contribution < 1.29 is 9.53 Å². The van der Waals surface area contributed by atoms with E-state index < -0.39 is 0 Å². The molecule has 0 spiro atoms. The average molecular weight is 297 g/mol. The lowest BCUT2D eigenvalue weighted by molar-refractivity contribution is 0.0152. The molecule has 114 valence electrons. The number of carbonyl (C=O) groups excluding carboxylic acids is 1. The van der Waals surface area contributed by atoms with Gasteiger partial charge in [-0.3, -0.25) is 0 Å². The number of hydrogen-bond donors (Lipinski definition) is 0. The summed E-state index contributed by atoms with van der Waals surface area (Å²) in [5.74, 6) is 0.988. The summed E-state index contributed by atoms with van der Waals surface area (Å²) in [6, 6.07) is 9.99. The van der Waals surface area contributed by atoms with Crippen LogP contribution >= 0.6 is 0 Å². The number of benzene rings is 1. The zero-order valence-electron chi connectivity index (χ0n) is 12.4. The first kappa shape index (κ1) is 13.5. The fraction of sp³-hybridized carbons (Fsp3) is 0.471. The van der Waals surface area contributed by atoms with E-state index in [1.54, 1.807) is 10.9 Å². The van der Waals surface area contributed by atoms with Gasteiger partial charge in [-0.25, -0.2) is 9.48 Å². The molecule has 1 heterocycles. The molecule has 2 bridgehead atoms. The second-order valence-electron chi connectivity index (χ2n) is 6.41. The molecule has 4 rings (SSSR count). The molecule has 5 nitrogen and oxygen atoms in total. The highest BCUT2D eigenvalue weighted by atomic mass is 16.5. The standard InChI is InChI=1S/C17H19N3O2/c21-17(22-16-9-13-6-7-14(16)8-13)15-11-20(19-18-15)10-12-4-2-1-3-5-12/h1-5,11,13-14,16H,6-10H2. The number of rotatable bonds is 4. The molecular weight excluding hydrogens is 278 g/mol. The molecule has 1 aromatic heterocycles. The van der Waals surface area contributed by atoms with Crippen LogP contribution < -0.4 is 0 Å². The number of ether oxygens (including phenoxy) is 1. The third kappa shape index (κ3) is 2.63. The zero-order valence-corrected chi connectivity index (χ0v) is 12.4. The Bertz CT molecular complexity index is 668. The largest absolute Gasteiger partial charge is 0.457 e. The fourth-order valence-corrected chi connectivity index (χ4v) is 3.77. The summed E-state index contributed by atoms with van der Waals surface area (Å²) in [7, 11) is 0. The summed E-state index contributed by atoms with van der Waals surface area (Å²) < 4.78 is 7.31. The molecule has 3 unspecified atom stereocenters. The van der Waals surface area contributed by atoms with Crippen LogP contribution in [0.4, 0.5) is 0 Å². The first-order chi connectivity index (χ1) is 10.8. The van der Waals surface area contributed by atoms with E-state index in [1.165, 1.54) is 19.3 Å². The van der Waals surface area contributed by atoms with E-state index in [4.69, 9.17) is 4.74 Å². The minimum absolute atomic E-state index is 0.0884. The Kier molecular flexibility index (Phi) is 3.41. The zero-order chi connectivity index (χ0) is 14.9. The van der Waals surface area contributed by atoms with Gasteiger partial charge in [0.15, 0.2) is 5.69 Å². The predicted molar refractivity (Wildman–Crippen MR) is 80.2 cm³/mol. The summed E-state index contributed by atoms with van der Waals surface area (Å²) >= 11 is 0. The van der Waals surface area contributed by atoms with E-state index >= 15 is 0 Å². The third-order valence-electron chi connectivity index (χ3n) is 4.87. The molecule has 5 heteroatoms. The van der Waals surface area contributed by atoms with E-state index in [0.29, 0.717) is 18.2 Å². The summed E-state index contributed by atoms with van der Waals surface area (Å²) in [6.07, 6.45) is 6.50. The van der Waals surface area contributed by atoms with Crippen molar-refractivity contribution in [3.05, 3.63) is 47.8 Å². The molecule has 2 aromatic rings. The Morgan fingerprint density at radius 3 is 2.82 bits per heavy atom. The predicted octanol–water partition coefficient (Wildman–Crippen LogP) is 2.67. The number of carbonyl (C=O) groups is 1. The van der Waals surface area contributed by atoms with Crippen LogP contribution in [-0.2, 0) is 11.3 Å². The summed E-state index contributed by atoms with van der Waals surface area (Å²) in [6.45, 7) is 0.606. The quantitative estimate of drug-likeness (QED) is 0.814. The highest BCUT2D eigenvalue weighted by molar-refractivity contribution is 5.86. The number of nitrogens with zero attached hydrogens (tertiary/aromatic N) is 3. The van der Waals surface area contributed by atoms with Crippen LogP contribution in [0.15, 0.2) is 36.5 Å². The van der Waals surface area contributed by atoms with E-state index in [-0.39, 0.29) is 12.1 Å². The molecule has 2 fully saturated rings. The van der Waals surface area contributed by atoms with Crippen molar-refractivity contribution in [3.63, 3.8) is 0 Å². The molecule has 2 aliphatic carbocycles. The molecule has 1 aromatic carbocycles. The van der Waals surface area contributed by atoms with Crippen LogP contribution in [0.3, 0.4) is 0 Å². The van der Waals surface area contributed by atoms with Gasteiger partial charge in [0.25, 0.3) is 0 Å². The van der Waals surface area contributed by atoms with Gasteiger partial charge in [-0.05, 0) is 43.1 Å². The van der Waals surface area contributed by atoms with Crippen molar-refractivity contribution in [2.45, 2.75) is 38.3 Å². The minimum Gasteiger partial charge on any atom is -0.457 e. The van der Waals surface area contributed by atoms with Crippen LogP contribution in [0, 0.1) is 11.8 Å². The van der Waals surface area contributed by atoms with E-state index in [0.717, 1.165) is 17.9 Å². The van der Waals surface area contributed by atoms with Crippen LogP contribution in [0.5, 0.6) is 0 Å². The van der Waals surface area contributed by atoms with Crippen LogP contribution in [0.25, 0.3) is 0 Å². The Hall–Kier alpha value is -2.17. The van der Waals surface area contributed by atoms with Crippen molar-refractivity contribution >= 4 is 5.97 Å². The van der Waals surface area contributed by atoms with E-state index in [1.807, 2.05) is 30.3 Å². The highest BCUT2D eigenvalue weighted by Crippen LogP contribution is 2.45. The van der Waals surface area contributed by atoms with Crippen molar-refractivity contribution in [2.75, 3.05) is 0 Å². The van der Waals surface area contributed by atoms with Crippen LogP contribution in [0.2, 0.25) is 0 Å². The van der Waals surface area contributed by atoms with Gasteiger partial charge >= 0.3 is 5.97 Å². The van der Waals surface area contributed by atoms with Crippen molar-refractivity contribution in [2.24, 2.45) is 11.8 Å². The second-order valence-corrected chi connectivity index (χ2v) is 6.41. The monoisotopic (exact) mass is 297 g/mol. The van der Waals surface area contributed by atoms with Gasteiger partial charge in [-0.2, -0.15) is 0 Å². The topological polar surface area (TPSA) is 57.0 Å². The Balaban J connectivity index is 1.39. The second kappa shape index (κ2) is 5.55. The smallest absolute Gasteiger partial charge is 0.360 e. The average Bonchev–Trinajstić information content (AvgIpc) is 3.24. The molecular formula is C17H19N3O2. The van der Waals surface area contributed by atoms with Gasteiger partial charge in [0, 0.05) is 0 Å². The number of aromatic nitrogens is 3. The molecule has 22 heavy (non-hydrogen) atoms. The van der Waals surface area contributed by atoms with Gasteiger partial charge in [-0.15, -0.1) is 5.10 Å². The van der Waals surface area contributed by atoms with Crippen molar-refractivity contribution in [1.29, 1.82) is 0 Å². The molecule has 0 aliphatic heterocycles. The lowest BCUT2D eigenvalue weighted by atomic mass is 9.98. The first-order valence-corrected chi connectivity index (χ1v) is 7.93. The van der Waals surface area contributed by atoms with Crippen molar-refractivity contribution in [3.8, 4) is 0 Å². The maximum Gasteiger partial charge on any atom is 0.360 e. The van der Waals surface area contributed by atoms with Gasteiger partial charge in [0.1, 0.15) is 6.10 Å². The van der Waals surface area contributed by atoms with Gasteiger partial charge < -0.3 is 4.74 Å². The van der Waals surface area contributed by atoms with Gasteiger partial charge in [0.05, 0.1) is 12.7 Å². The molecule has 0 amide bonds. The van der Waals surface area contributed by atoms with Gasteiger partial charge in [-0.1, -0.05) is 35.5 Å². The summed E-state index contributed by atoms with van der Waals surface area (Å²) in [4.78, 5) is 12.2. The Morgan fingerprint density at radius 2 is 2.09 bits per heavy atom. The maximum atomic E-state index is 12.2. The lowest BCUT2D eigenvalue weighted by Crippen LogP contribution is -2.24. The third-order valence-corrected chi connectivity index (χ3v) is 4.87. The fourth-order valence-electron chi connectivity index (χ4n) is 3.77. The summed E-state index contributed by atoms with van der Waals surface area (Å²) in [5.41, 5.74) is 1.43. The van der Waals surface area contributed by atoms with Crippen molar-refractivity contribution in [1.82, 2.24) is 15.0 Å². The first-order valence-electron chi connectivity index (χ1n) is 7.93. The number of hydrogen-bond acceptors (Lipinski definition) is 4. The summed E-state index contributed by atoms with van der Waals surface area (Å²) in [5, 5.41) is 7.98. The van der Waals surface area contributed by atoms with Gasteiger partial charge in [0.2, 0.25) is 0 Å². The number of fused-ring (bicyclic) bond motifs is 2. The molecule has 0 radical (unpaired) electrons. The minimum atomic E-state index is -0.336. The molecule has 0 N–H and O–H groups in total. The number of esters is 1. The maximum absolute atomic E-state index is 12.2. The lowest BCUT2D eigenvalue weighted by Gasteiger charge is -2.21. The molecule has 2 aliphatic rings. The Morgan fingerprint density at radius 1 is 1.23 bits per heavy atom. The normalized spacial score (nSPS) is 26.3.